The molecule has 144 valence electrons. The molecule has 0 spiro atoms. The van der Waals surface area contributed by atoms with Crippen LogP contribution in [0.1, 0.15) is 9.67 Å². The highest BCUT2D eigenvalue weighted by atomic mass is 32.2. The predicted octanol–water partition coefficient (Wildman–Crippen LogP) is 2.77. The number of anilines is 2. The second-order valence-electron chi connectivity index (χ2n) is 5.62. The zero-order chi connectivity index (χ0) is 19.8. The Hall–Kier alpha value is -2.36. The van der Waals surface area contributed by atoms with Crippen molar-refractivity contribution in [3.05, 3.63) is 40.6 Å². The highest BCUT2D eigenvalue weighted by molar-refractivity contribution is 7.98. The number of para-hydroxylation sites is 1. The summed E-state index contributed by atoms with van der Waals surface area (Å²) < 4.78 is 4.68. The van der Waals surface area contributed by atoms with E-state index in [-0.39, 0.29) is 24.9 Å². The van der Waals surface area contributed by atoms with Crippen LogP contribution in [0, 0.1) is 0 Å². The molecule has 9 heteroatoms. The van der Waals surface area contributed by atoms with Gasteiger partial charge in [0.15, 0.2) is 0 Å². The summed E-state index contributed by atoms with van der Waals surface area (Å²) in [6.45, 7) is 0.0671. The van der Waals surface area contributed by atoms with Crippen molar-refractivity contribution in [2.45, 2.75) is 4.90 Å². The number of nitrogens with zero attached hydrogens (tertiary/aromatic N) is 1. The molecule has 1 heterocycles. The van der Waals surface area contributed by atoms with Crippen LogP contribution in [-0.2, 0) is 14.3 Å². The summed E-state index contributed by atoms with van der Waals surface area (Å²) in [5.74, 6) is -1.03. The number of nitrogens with one attached hydrogen (secondary N) is 2. The molecule has 0 saturated heterocycles. The number of thiophene rings is 1. The molecular formula is C18H21N3O4S2. The Morgan fingerprint density at radius 1 is 1.07 bits per heavy atom. The normalized spacial score (nSPS) is 10.5. The molecule has 0 aliphatic rings. The molecular weight excluding hydrogens is 386 g/mol. The minimum Gasteiger partial charge on any atom is -0.465 e. The van der Waals surface area contributed by atoms with Gasteiger partial charge < -0.3 is 15.4 Å². The average Bonchev–Trinajstić information content (AvgIpc) is 3.09. The Morgan fingerprint density at radius 3 is 2.33 bits per heavy atom. The molecule has 0 aliphatic heterocycles. The first-order valence-electron chi connectivity index (χ1n) is 8.01. The number of methoxy groups -OCH3 is 1. The van der Waals surface area contributed by atoms with E-state index in [0.717, 1.165) is 10.6 Å². The number of carbonyl (C=O) groups excluding carboxylic acids is 3. The molecule has 0 unspecified atom stereocenters. The minimum absolute atomic E-state index is 0.00799. The number of thioether (sulfide) groups is 1. The molecule has 0 bridgehead atoms. The van der Waals surface area contributed by atoms with Gasteiger partial charge in [0.1, 0.15) is 4.88 Å². The molecule has 27 heavy (non-hydrogen) atoms. The van der Waals surface area contributed by atoms with Crippen LogP contribution in [0.25, 0.3) is 0 Å². The fraction of sp³-hybridized carbons (Fsp3) is 0.278. The van der Waals surface area contributed by atoms with E-state index >= 15 is 0 Å². The van der Waals surface area contributed by atoms with E-state index in [1.807, 2.05) is 30.5 Å². The van der Waals surface area contributed by atoms with Crippen molar-refractivity contribution >= 4 is 52.3 Å². The van der Waals surface area contributed by atoms with Gasteiger partial charge in [-0.05, 0) is 36.9 Å². The zero-order valence-electron chi connectivity index (χ0n) is 15.3. The van der Waals surface area contributed by atoms with Crippen molar-refractivity contribution in [1.82, 2.24) is 4.90 Å². The Balaban J connectivity index is 1.87. The van der Waals surface area contributed by atoms with Gasteiger partial charge in [0, 0.05) is 4.90 Å². The second-order valence-corrected chi connectivity index (χ2v) is 7.39. The van der Waals surface area contributed by atoms with Crippen LogP contribution in [0.3, 0.4) is 0 Å². The Morgan fingerprint density at radius 2 is 1.70 bits per heavy atom. The third-order valence-electron chi connectivity index (χ3n) is 3.52. The molecule has 0 saturated carbocycles. The molecule has 2 rings (SSSR count). The molecule has 2 N–H and O–H groups in total. The minimum atomic E-state index is -0.500. The SMILES string of the molecule is COC(=O)c1sccc1NC(=O)CN(C)CC(=O)Nc1ccccc1SC. The molecule has 0 aliphatic carbocycles. The number of benzene rings is 1. The molecule has 0 atom stereocenters. The first-order chi connectivity index (χ1) is 12.9. The molecule has 1 aromatic carbocycles. The first-order valence-corrected chi connectivity index (χ1v) is 10.1. The summed E-state index contributed by atoms with van der Waals surface area (Å²) in [6.07, 6.45) is 1.94. The van der Waals surface area contributed by atoms with Crippen LogP contribution in [0.5, 0.6) is 0 Å². The van der Waals surface area contributed by atoms with Gasteiger partial charge in [-0.15, -0.1) is 23.1 Å². The van der Waals surface area contributed by atoms with Gasteiger partial charge in [-0.1, -0.05) is 12.1 Å². The van der Waals surface area contributed by atoms with E-state index in [0.29, 0.717) is 10.6 Å². The fourth-order valence-electron chi connectivity index (χ4n) is 2.33. The van der Waals surface area contributed by atoms with Crippen LogP contribution in [-0.4, -0.2) is 56.2 Å². The van der Waals surface area contributed by atoms with Crippen LogP contribution >= 0.6 is 23.1 Å². The number of carbonyl (C=O) groups is 3. The van der Waals surface area contributed by atoms with Gasteiger partial charge in [0.25, 0.3) is 0 Å². The van der Waals surface area contributed by atoms with Gasteiger partial charge >= 0.3 is 5.97 Å². The molecule has 2 aromatic rings. The Bertz CT molecular complexity index is 822. The van der Waals surface area contributed by atoms with E-state index in [2.05, 4.69) is 15.4 Å². The van der Waals surface area contributed by atoms with Crippen molar-refractivity contribution < 1.29 is 19.1 Å². The number of amides is 2. The third kappa shape index (κ3) is 6.09. The monoisotopic (exact) mass is 407 g/mol. The summed E-state index contributed by atoms with van der Waals surface area (Å²) in [5.41, 5.74) is 1.15. The Kier molecular flexibility index (Phi) is 7.83. The Labute approximate surface area is 166 Å². The summed E-state index contributed by atoms with van der Waals surface area (Å²) in [5, 5.41) is 7.22. The molecule has 7 nitrogen and oxygen atoms in total. The van der Waals surface area contributed by atoms with Crippen molar-refractivity contribution in [2.75, 3.05) is 44.1 Å². The highest BCUT2D eigenvalue weighted by Gasteiger charge is 2.17. The molecule has 0 fully saturated rings. The lowest BCUT2D eigenvalue weighted by atomic mass is 10.3. The highest BCUT2D eigenvalue weighted by Crippen LogP contribution is 2.24. The lowest BCUT2D eigenvalue weighted by molar-refractivity contribution is -0.119. The van der Waals surface area contributed by atoms with Crippen LogP contribution < -0.4 is 10.6 Å². The summed E-state index contributed by atoms with van der Waals surface area (Å²) >= 11 is 2.73. The smallest absolute Gasteiger partial charge is 0.350 e. The number of rotatable bonds is 8. The molecule has 0 radical (unpaired) electrons. The summed E-state index contributed by atoms with van der Waals surface area (Å²) in [4.78, 5) is 38.9. The maximum atomic E-state index is 12.2. The summed E-state index contributed by atoms with van der Waals surface area (Å²) in [7, 11) is 2.96. The third-order valence-corrected chi connectivity index (χ3v) is 5.21. The quantitative estimate of drug-likeness (QED) is 0.517. The van der Waals surface area contributed by atoms with E-state index in [9.17, 15) is 14.4 Å². The average molecular weight is 408 g/mol. The standard InChI is InChI=1S/C18H21N3O4S2/c1-21(10-15(22)19-12-6-4-5-7-14(12)26-3)11-16(23)20-13-8-9-27-17(13)18(24)25-2/h4-9H,10-11H2,1-3H3,(H,19,22)(H,20,23). The van der Waals surface area contributed by atoms with Gasteiger partial charge in [-0.2, -0.15) is 0 Å². The number of esters is 1. The number of ether oxygens (including phenoxy) is 1. The van der Waals surface area contributed by atoms with Gasteiger partial charge in [0.05, 0.1) is 31.6 Å². The maximum absolute atomic E-state index is 12.2. The molecule has 2 amide bonds. The van der Waals surface area contributed by atoms with Crippen molar-refractivity contribution in [3.63, 3.8) is 0 Å². The largest absolute Gasteiger partial charge is 0.465 e. The number of hydrogen-bond acceptors (Lipinski definition) is 7. The summed E-state index contributed by atoms with van der Waals surface area (Å²) in [6, 6.07) is 9.16. The van der Waals surface area contributed by atoms with Crippen LogP contribution in [0.15, 0.2) is 40.6 Å². The van der Waals surface area contributed by atoms with Crippen molar-refractivity contribution in [1.29, 1.82) is 0 Å². The number of likely N-dealkylation sites (N-methyl/N-ethyl adjacent to an activating group) is 1. The lowest BCUT2D eigenvalue weighted by Gasteiger charge is -2.16. The number of hydrogen-bond donors (Lipinski definition) is 2. The van der Waals surface area contributed by atoms with E-state index in [1.54, 1.807) is 35.2 Å². The van der Waals surface area contributed by atoms with Gasteiger partial charge in [-0.3, -0.25) is 14.5 Å². The van der Waals surface area contributed by atoms with E-state index in [4.69, 9.17) is 0 Å². The topological polar surface area (TPSA) is 87.7 Å². The van der Waals surface area contributed by atoms with Gasteiger partial charge in [0.2, 0.25) is 11.8 Å². The fourth-order valence-corrected chi connectivity index (χ4v) is 3.65. The second kappa shape index (κ2) is 10.1. The predicted molar refractivity (Wildman–Crippen MR) is 109 cm³/mol. The lowest BCUT2D eigenvalue weighted by Crippen LogP contribution is -2.36. The van der Waals surface area contributed by atoms with E-state index in [1.165, 1.54) is 18.4 Å². The molecule has 1 aromatic heterocycles. The zero-order valence-corrected chi connectivity index (χ0v) is 16.9. The first kappa shape index (κ1) is 20.9. The maximum Gasteiger partial charge on any atom is 0.350 e. The van der Waals surface area contributed by atoms with Crippen molar-refractivity contribution in [3.8, 4) is 0 Å². The van der Waals surface area contributed by atoms with Crippen LogP contribution in [0.2, 0.25) is 0 Å². The van der Waals surface area contributed by atoms with Crippen molar-refractivity contribution in [2.24, 2.45) is 0 Å². The van der Waals surface area contributed by atoms with Gasteiger partial charge in [-0.25, -0.2) is 4.79 Å². The van der Waals surface area contributed by atoms with Crippen LogP contribution in [0.4, 0.5) is 11.4 Å². The van der Waals surface area contributed by atoms with E-state index < -0.39 is 5.97 Å².